The standard InChI is InChI=1S/C20H29N3O4/c1-6-21-19(22-14-20(2,24)18-8-7-11-27-18)23(3)13-15-9-10-16(25-4)12-17(15)26-5/h7-12,24H,6,13-14H2,1-5H3,(H,21,22). The van der Waals surface area contributed by atoms with Gasteiger partial charge in [-0.15, -0.1) is 0 Å². The fourth-order valence-corrected chi connectivity index (χ4v) is 2.67. The number of hydrogen-bond donors (Lipinski definition) is 2. The minimum absolute atomic E-state index is 0.174. The van der Waals surface area contributed by atoms with Crippen LogP contribution in [-0.2, 0) is 12.1 Å². The summed E-state index contributed by atoms with van der Waals surface area (Å²) >= 11 is 0. The van der Waals surface area contributed by atoms with Crippen molar-refractivity contribution < 1.29 is 19.0 Å². The maximum atomic E-state index is 10.6. The predicted octanol–water partition coefficient (Wildman–Crippen LogP) is 2.60. The molecule has 7 heteroatoms. The van der Waals surface area contributed by atoms with Crippen molar-refractivity contribution in [3.63, 3.8) is 0 Å². The van der Waals surface area contributed by atoms with E-state index in [1.54, 1.807) is 39.5 Å². The van der Waals surface area contributed by atoms with Crippen LogP contribution in [-0.4, -0.2) is 50.3 Å². The summed E-state index contributed by atoms with van der Waals surface area (Å²) in [5.74, 6) is 2.66. The van der Waals surface area contributed by atoms with Crippen molar-refractivity contribution in [1.82, 2.24) is 10.2 Å². The van der Waals surface area contributed by atoms with Gasteiger partial charge in [0, 0.05) is 31.8 Å². The molecule has 2 N–H and O–H groups in total. The summed E-state index contributed by atoms with van der Waals surface area (Å²) in [6.07, 6.45) is 1.54. The molecule has 7 nitrogen and oxygen atoms in total. The summed E-state index contributed by atoms with van der Waals surface area (Å²) in [5.41, 5.74) is -0.174. The molecule has 27 heavy (non-hydrogen) atoms. The number of benzene rings is 1. The van der Waals surface area contributed by atoms with Gasteiger partial charge in [0.25, 0.3) is 0 Å². The summed E-state index contributed by atoms with van der Waals surface area (Å²) in [5, 5.41) is 13.9. The molecule has 1 atom stereocenters. The van der Waals surface area contributed by atoms with E-state index in [-0.39, 0.29) is 6.54 Å². The quantitative estimate of drug-likeness (QED) is 0.545. The Hall–Kier alpha value is -2.67. The highest BCUT2D eigenvalue weighted by Crippen LogP contribution is 2.26. The monoisotopic (exact) mass is 375 g/mol. The number of nitrogens with one attached hydrogen (secondary N) is 1. The molecule has 0 amide bonds. The second-order valence-electron chi connectivity index (χ2n) is 6.46. The van der Waals surface area contributed by atoms with Gasteiger partial charge < -0.3 is 29.2 Å². The van der Waals surface area contributed by atoms with Crippen molar-refractivity contribution in [1.29, 1.82) is 0 Å². The molecule has 1 heterocycles. The number of aliphatic hydroxyl groups is 1. The summed E-state index contributed by atoms with van der Waals surface area (Å²) in [6.45, 7) is 5.16. The minimum atomic E-state index is -1.18. The lowest BCUT2D eigenvalue weighted by Crippen LogP contribution is -2.39. The van der Waals surface area contributed by atoms with Crippen molar-refractivity contribution in [2.45, 2.75) is 26.0 Å². The molecular weight excluding hydrogens is 346 g/mol. The van der Waals surface area contributed by atoms with Crippen LogP contribution in [0.3, 0.4) is 0 Å². The smallest absolute Gasteiger partial charge is 0.194 e. The Balaban J connectivity index is 2.16. The lowest BCUT2D eigenvalue weighted by Gasteiger charge is -2.25. The Morgan fingerprint density at radius 2 is 2.07 bits per heavy atom. The molecule has 0 saturated heterocycles. The van der Waals surface area contributed by atoms with Crippen molar-refractivity contribution >= 4 is 5.96 Å². The van der Waals surface area contributed by atoms with Crippen LogP contribution >= 0.6 is 0 Å². The van der Waals surface area contributed by atoms with E-state index in [4.69, 9.17) is 13.9 Å². The number of guanidine groups is 1. The zero-order chi connectivity index (χ0) is 19.9. The third-order valence-corrected chi connectivity index (χ3v) is 4.19. The SMILES string of the molecule is CCNC(=NCC(C)(O)c1ccco1)N(C)Cc1ccc(OC)cc1OC. The number of methoxy groups -OCH3 is 2. The van der Waals surface area contributed by atoms with Crippen LogP contribution in [0.15, 0.2) is 46.0 Å². The van der Waals surface area contributed by atoms with E-state index in [9.17, 15) is 5.11 Å². The van der Waals surface area contributed by atoms with Gasteiger partial charge in [-0.25, -0.2) is 4.99 Å². The molecule has 0 aliphatic carbocycles. The van der Waals surface area contributed by atoms with E-state index in [1.165, 1.54) is 0 Å². The second-order valence-corrected chi connectivity index (χ2v) is 6.46. The molecular formula is C20H29N3O4. The van der Waals surface area contributed by atoms with Crippen molar-refractivity contribution in [2.75, 3.05) is 34.4 Å². The third kappa shape index (κ3) is 5.40. The second kappa shape index (κ2) is 9.32. The summed E-state index contributed by atoms with van der Waals surface area (Å²) in [4.78, 5) is 6.56. The van der Waals surface area contributed by atoms with E-state index >= 15 is 0 Å². The van der Waals surface area contributed by atoms with Gasteiger partial charge in [-0.2, -0.15) is 0 Å². The number of nitrogens with zero attached hydrogens (tertiary/aromatic N) is 2. The van der Waals surface area contributed by atoms with Crippen LogP contribution in [0.1, 0.15) is 25.2 Å². The molecule has 0 radical (unpaired) electrons. The van der Waals surface area contributed by atoms with Gasteiger partial charge in [-0.05, 0) is 38.1 Å². The number of rotatable bonds is 8. The summed E-state index contributed by atoms with van der Waals surface area (Å²) in [6, 6.07) is 9.22. The van der Waals surface area contributed by atoms with Gasteiger partial charge in [0.15, 0.2) is 5.96 Å². The highest BCUT2D eigenvalue weighted by molar-refractivity contribution is 5.79. The van der Waals surface area contributed by atoms with E-state index < -0.39 is 5.60 Å². The van der Waals surface area contributed by atoms with Gasteiger partial charge in [-0.3, -0.25) is 0 Å². The van der Waals surface area contributed by atoms with Crippen LogP contribution in [0.2, 0.25) is 0 Å². The average Bonchev–Trinajstić information content (AvgIpc) is 3.21. The molecule has 0 fully saturated rings. The molecule has 0 saturated carbocycles. The lowest BCUT2D eigenvalue weighted by atomic mass is 10.0. The fraction of sp³-hybridized carbons (Fsp3) is 0.450. The normalized spacial score (nSPS) is 13.8. The number of ether oxygens (including phenoxy) is 2. The average molecular weight is 375 g/mol. The Morgan fingerprint density at radius 1 is 1.30 bits per heavy atom. The first-order chi connectivity index (χ1) is 12.9. The summed E-state index contributed by atoms with van der Waals surface area (Å²) < 4.78 is 16.0. The van der Waals surface area contributed by atoms with Gasteiger partial charge in [-0.1, -0.05) is 0 Å². The third-order valence-electron chi connectivity index (χ3n) is 4.19. The van der Waals surface area contributed by atoms with Crippen molar-refractivity contribution in [2.24, 2.45) is 4.99 Å². The molecule has 0 bridgehead atoms. The Kier molecular flexibility index (Phi) is 7.12. The molecule has 148 valence electrons. The molecule has 0 spiro atoms. The van der Waals surface area contributed by atoms with E-state index in [1.807, 2.05) is 37.1 Å². The van der Waals surface area contributed by atoms with E-state index in [0.717, 1.165) is 17.1 Å². The molecule has 1 aromatic heterocycles. The van der Waals surface area contributed by atoms with Gasteiger partial charge in [0.1, 0.15) is 22.9 Å². The number of aliphatic imine (C=N–C) groups is 1. The van der Waals surface area contributed by atoms with Crippen molar-refractivity contribution in [3.8, 4) is 11.5 Å². The Morgan fingerprint density at radius 3 is 2.67 bits per heavy atom. The molecule has 0 aliphatic heterocycles. The first-order valence-electron chi connectivity index (χ1n) is 8.88. The van der Waals surface area contributed by atoms with Crippen molar-refractivity contribution in [3.05, 3.63) is 47.9 Å². The maximum Gasteiger partial charge on any atom is 0.194 e. The minimum Gasteiger partial charge on any atom is -0.497 e. The van der Waals surface area contributed by atoms with Gasteiger partial charge in [0.2, 0.25) is 0 Å². The molecule has 2 aromatic rings. The predicted molar refractivity (Wildman–Crippen MR) is 105 cm³/mol. The molecule has 1 unspecified atom stereocenters. The zero-order valence-electron chi connectivity index (χ0n) is 16.7. The molecule has 2 rings (SSSR count). The highest BCUT2D eigenvalue weighted by Gasteiger charge is 2.26. The van der Waals surface area contributed by atoms with Gasteiger partial charge in [0.05, 0.1) is 27.0 Å². The van der Waals surface area contributed by atoms with Crippen LogP contribution in [0.4, 0.5) is 0 Å². The lowest BCUT2D eigenvalue weighted by molar-refractivity contribution is 0.0435. The van der Waals surface area contributed by atoms with Gasteiger partial charge >= 0.3 is 0 Å². The largest absolute Gasteiger partial charge is 0.497 e. The summed E-state index contributed by atoms with van der Waals surface area (Å²) in [7, 11) is 5.20. The Bertz CT molecular complexity index is 742. The van der Waals surface area contributed by atoms with Crippen LogP contribution < -0.4 is 14.8 Å². The fourth-order valence-electron chi connectivity index (χ4n) is 2.67. The maximum absolute atomic E-state index is 10.6. The topological polar surface area (TPSA) is 79.5 Å². The number of furan rings is 1. The van der Waals surface area contributed by atoms with Crippen LogP contribution in [0, 0.1) is 0 Å². The highest BCUT2D eigenvalue weighted by atomic mass is 16.5. The first kappa shape index (κ1) is 20.6. The molecule has 1 aromatic carbocycles. The van der Waals surface area contributed by atoms with Crippen LogP contribution in [0.5, 0.6) is 11.5 Å². The Labute approximate surface area is 160 Å². The van der Waals surface area contributed by atoms with E-state index in [2.05, 4.69) is 10.3 Å². The first-order valence-corrected chi connectivity index (χ1v) is 8.88. The van der Waals surface area contributed by atoms with E-state index in [0.29, 0.717) is 24.8 Å². The number of hydrogen-bond acceptors (Lipinski definition) is 5. The zero-order valence-corrected chi connectivity index (χ0v) is 16.7. The molecule has 0 aliphatic rings. The van der Waals surface area contributed by atoms with Crippen LogP contribution in [0.25, 0.3) is 0 Å².